The summed E-state index contributed by atoms with van der Waals surface area (Å²) in [5.41, 5.74) is 2.12. The van der Waals surface area contributed by atoms with Crippen LogP contribution in [0.1, 0.15) is 57.6 Å². The summed E-state index contributed by atoms with van der Waals surface area (Å²) in [4.78, 5) is 19.0. The molecule has 2 aromatic rings. The molecule has 3 atom stereocenters. The molecule has 4 rings (SSSR count). The third kappa shape index (κ3) is 7.20. The first-order valence-corrected chi connectivity index (χ1v) is 14.4. The Morgan fingerprint density at radius 2 is 1.95 bits per heavy atom. The van der Waals surface area contributed by atoms with Gasteiger partial charge in [-0.25, -0.2) is 8.42 Å². The molecule has 0 bridgehead atoms. The van der Waals surface area contributed by atoms with Gasteiger partial charge in [-0.15, -0.1) is 0 Å². The van der Waals surface area contributed by atoms with Gasteiger partial charge in [0, 0.05) is 11.6 Å². The number of hydroxylamine groups is 2. The van der Waals surface area contributed by atoms with Crippen molar-refractivity contribution in [3.05, 3.63) is 65.7 Å². The number of benzene rings is 2. The predicted molar refractivity (Wildman–Crippen MR) is 144 cm³/mol. The lowest BCUT2D eigenvalue weighted by atomic mass is 9.60. The molecule has 1 heterocycles. The Labute approximate surface area is 221 Å². The molecule has 1 aliphatic heterocycles. The largest absolute Gasteiger partial charge is 0.352 e. The third-order valence-corrected chi connectivity index (χ3v) is 8.89. The first-order valence-electron chi connectivity index (χ1n) is 13.0. The van der Waals surface area contributed by atoms with E-state index < -0.39 is 10.0 Å². The average Bonchev–Trinajstić information content (AvgIpc) is 3.34. The number of rotatable bonds is 9. The van der Waals surface area contributed by atoms with Gasteiger partial charge >= 0.3 is 0 Å². The van der Waals surface area contributed by atoms with Gasteiger partial charge in [-0.05, 0) is 73.8 Å². The molecule has 0 spiro atoms. The molecule has 2 fully saturated rings. The summed E-state index contributed by atoms with van der Waals surface area (Å²) in [5, 5.41) is 4.96. The van der Waals surface area contributed by atoms with Crippen LogP contribution in [0.3, 0.4) is 0 Å². The molecule has 37 heavy (non-hydrogen) atoms. The normalized spacial score (nSPS) is 21.9. The maximum Gasteiger partial charge on any atom is 0.241 e. The van der Waals surface area contributed by atoms with Gasteiger partial charge in [-0.1, -0.05) is 56.0 Å². The van der Waals surface area contributed by atoms with E-state index in [0.717, 1.165) is 17.5 Å². The Hall–Kier alpha value is -2.70. The topological polar surface area (TPSA) is 87.7 Å². The molecule has 0 radical (unpaired) electrons. The summed E-state index contributed by atoms with van der Waals surface area (Å²) in [7, 11) is -3.59. The van der Waals surface area contributed by atoms with Gasteiger partial charge in [0.2, 0.25) is 15.9 Å². The zero-order valence-electron chi connectivity index (χ0n) is 21.9. The highest BCUT2D eigenvalue weighted by molar-refractivity contribution is 7.89. The minimum Gasteiger partial charge on any atom is -0.352 e. The van der Waals surface area contributed by atoms with E-state index in [-0.39, 0.29) is 29.4 Å². The van der Waals surface area contributed by atoms with Crippen LogP contribution in [0.2, 0.25) is 0 Å². The van der Waals surface area contributed by atoms with Gasteiger partial charge in [-0.2, -0.15) is 9.79 Å². The van der Waals surface area contributed by atoms with Gasteiger partial charge in [-0.3, -0.25) is 9.63 Å². The van der Waals surface area contributed by atoms with Gasteiger partial charge in [0.1, 0.15) is 6.04 Å². The second-order valence-electron chi connectivity index (χ2n) is 10.7. The van der Waals surface area contributed by atoms with Crippen LogP contribution in [0, 0.1) is 23.2 Å². The Kier molecular flexibility index (Phi) is 8.71. The monoisotopic (exact) mass is 523 g/mol. The van der Waals surface area contributed by atoms with Crippen molar-refractivity contribution >= 4 is 15.9 Å². The van der Waals surface area contributed by atoms with Crippen LogP contribution < -0.4 is 10.0 Å². The van der Waals surface area contributed by atoms with Gasteiger partial charge in [0.25, 0.3) is 0 Å². The molecular weight excluding hydrogens is 486 g/mol. The fourth-order valence-electron chi connectivity index (χ4n) is 5.01. The van der Waals surface area contributed by atoms with Crippen molar-refractivity contribution in [2.24, 2.45) is 11.3 Å². The third-order valence-electron chi connectivity index (χ3n) is 7.47. The highest BCUT2D eigenvalue weighted by atomic mass is 32.2. The van der Waals surface area contributed by atoms with E-state index >= 15 is 0 Å². The molecule has 7 nitrogen and oxygen atoms in total. The summed E-state index contributed by atoms with van der Waals surface area (Å²) in [6.07, 6.45) is 4.17. The molecule has 1 saturated heterocycles. The minimum atomic E-state index is -3.59. The molecule has 198 valence electrons. The van der Waals surface area contributed by atoms with Crippen LogP contribution >= 0.6 is 0 Å². The first kappa shape index (κ1) is 27.3. The molecule has 2 aromatic carbocycles. The van der Waals surface area contributed by atoms with E-state index in [4.69, 9.17) is 4.84 Å². The maximum absolute atomic E-state index is 13.0. The molecule has 1 aliphatic carbocycles. The van der Waals surface area contributed by atoms with Gasteiger partial charge in [0.15, 0.2) is 0 Å². The number of nitrogens with one attached hydrogen (secondary N) is 2. The molecular formula is C29H37N3O4S. The smallest absolute Gasteiger partial charge is 0.241 e. The lowest BCUT2D eigenvalue weighted by Gasteiger charge is -2.46. The first-order chi connectivity index (χ1) is 17.6. The molecule has 1 saturated carbocycles. The summed E-state index contributed by atoms with van der Waals surface area (Å²) < 4.78 is 27.1. The highest BCUT2D eigenvalue weighted by Gasteiger charge is 2.39. The number of hydrogen-bond acceptors (Lipinski definition) is 5. The average molecular weight is 524 g/mol. The summed E-state index contributed by atoms with van der Waals surface area (Å²) in [6, 6.07) is 15.7. The number of sulfonamides is 1. The quantitative estimate of drug-likeness (QED) is 0.488. The Morgan fingerprint density at radius 1 is 1.16 bits per heavy atom. The van der Waals surface area contributed by atoms with Crippen molar-refractivity contribution in [1.82, 2.24) is 15.1 Å². The zero-order valence-corrected chi connectivity index (χ0v) is 22.7. The maximum atomic E-state index is 13.0. The van der Waals surface area contributed by atoms with Gasteiger partial charge < -0.3 is 5.32 Å². The van der Waals surface area contributed by atoms with Crippen molar-refractivity contribution in [3.63, 3.8) is 0 Å². The van der Waals surface area contributed by atoms with Crippen molar-refractivity contribution in [1.29, 1.82) is 0 Å². The summed E-state index contributed by atoms with van der Waals surface area (Å²) in [5.74, 6) is 6.57. The molecule has 8 heteroatoms. The molecule has 0 unspecified atom stereocenters. The van der Waals surface area contributed by atoms with E-state index in [0.29, 0.717) is 30.9 Å². The SMILES string of the molecule is C[C@@H](C[C@@H]1CCC1(C)C)NC(=O)[C@@H]1CCON1Cc1cccc(C#CCNS(=O)(=O)c2ccccc2)c1. The molecule has 2 N–H and O–H groups in total. The van der Waals surface area contributed by atoms with E-state index in [1.54, 1.807) is 35.4 Å². The minimum absolute atomic E-state index is 0.00909. The fraction of sp³-hybridized carbons (Fsp3) is 0.483. The summed E-state index contributed by atoms with van der Waals surface area (Å²) in [6.45, 7) is 7.71. The van der Waals surface area contributed by atoms with Crippen LogP contribution in [-0.4, -0.2) is 44.6 Å². The van der Waals surface area contributed by atoms with E-state index in [1.807, 2.05) is 24.3 Å². The zero-order chi connectivity index (χ0) is 26.5. The van der Waals surface area contributed by atoms with Gasteiger partial charge in [0.05, 0.1) is 24.6 Å². The van der Waals surface area contributed by atoms with Crippen LogP contribution in [0.5, 0.6) is 0 Å². The van der Waals surface area contributed by atoms with E-state index in [2.05, 4.69) is 42.7 Å². The van der Waals surface area contributed by atoms with Crippen LogP contribution in [0.15, 0.2) is 59.5 Å². The number of amides is 1. The number of nitrogens with zero attached hydrogens (tertiary/aromatic N) is 1. The van der Waals surface area contributed by atoms with E-state index in [9.17, 15) is 13.2 Å². The summed E-state index contributed by atoms with van der Waals surface area (Å²) >= 11 is 0. The molecule has 0 aromatic heterocycles. The van der Waals surface area contributed by atoms with Crippen molar-refractivity contribution in [2.45, 2.75) is 70.0 Å². The Morgan fingerprint density at radius 3 is 2.65 bits per heavy atom. The number of hydrogen-bond donors (Lipinski definition) is 2. The number of carbonyl (C=O) groups is 1. The van der Waals surface area contributed by atoms with Crippen LogP contribution in [0.25, 0.3) is 0 Å². The van der Waals surface area contributed by atoms with Crippen molar-refractivity contribution < 1.29 is 18.0 Å². The molecule has 1 amide bonds. The van der Waals surface area contributed by atoms with Crippen LogP contribution in [0.4, 0.5) is 0 Å². The van der Waals surface area contributed by atoms with Crippen LogP contribution in [-0.2, 0) is 26.2 Å². The van der Waals surface area contributed by atoms with E-state index in [1.165, 1.54) is 12.8 Å². The highest BCUT2D eigenvalue weighted by Crippen LogP contribution is 2.48. The fourth-order valence-corrected chi connectivity index (χ4v) is 5.95. The van der Waals surface area contributed by atoms with Crippen molar-refractivity contribution in [3.8, 4) is 11.8 Å². The standard InChI is InChI=1S/C29H37N3O4S/c1-22(19-25-14-16-29(25,2)3)31-28(33)27-15-18-36-32(27)21-24-10-7-9-23(20-24)11-8-17-30-37(34,35)26-12-5-4-6-13-26/h4-7,9-10,12-13,20,22,25,27,30H,14-19,21H2,1-3H3,(H,31,33)/t22-,25-,27-/m0/s1. The second kappa shape index (κ2) is 11.8. The second-order valence-corrected chi connectivity index (χ2v) is 12.5. The Bertz CT molecular complexity index is 1250. The predicted octanol–water partition coefficient (Wildman–Crippen LogP) is 3.85. The van der Waals surface area contributed by atoms with Crippen molar-refractivity contribution in [2.75, 3.05) is 13.2 Å². The molecule has 2 aliphatic rings. The lowest BCUT2D eigenvalue weighted by Crippen LogP contribution is -2.47. The Balaban J connectivity index is 1.30. The lowest BCUT2D eigenvalue weighted by molar-refractivity contribution is -0.157. The number of carbonyl (C=O) groups excluding carboxylic acids is 1.